The van der Waals surface area contributed by atoms with Gasteiger partial charge in [-0.15, -0.1) is 0 Å². The maximum absolute atomic E-state index is 13.4. The van der Waals surface area contributed by atoms with Gasteiger partial charge >= 0.3 is 5.97 Å². The number of benzene rings is 2. The normalized spacial score (nSPS) is 23.4. The van der Waals surface area contributed by atoms with Gasteiger partial charge in [0.2, 0.25) is 0 Å². The number of hydrogen-bond donors (Lipinski definition) is 1. The Morgan fingerprint density at radius 1 is 1.00 bits per heavy atom. The second-order valence-electron chi connectivity index (χ2n) is 9.70. The SMILES string of the molecule is Cc1ccc(C(=S)c2cc(C(C(=O)O)(C(C)C3COCO3)C(C)C3COCO3)cc3ccoc23)cc1. The molecule has 3 heterocycles. The number of furan rings is 1. The highest BCUT2D eigenvalue weighted by Crippen LogP contribution is 2.47. The quantitative estimate of drug-likeness (QED) is 0.340. The van der Waals surface area contributed by atoms with E-state index in [1.807, 2.05) is 63.2 Å². The van der Waals surface area contributed by atoms with Gasteiger partial charge in [0.25, 0.3) is 0 Å². The lowest BCUT2D eigenvalue weighted by Gasteiger charge is -2.44. The monoisotopic (exact) mass is 510 g/mol. The Hall–Kier alpha value is -2.62. The number of carboxylic acid groups (broad SMARTS) is 1. The van der Waals surface area contributed by atoms with Gasteiger partial charge in [0.15, 0.2) is 0 Å². The van der Waals surface area contributed by atoms with Gasteiger partial charge in [-0.3, -0.25) is 4.79 Å². The largest absolute Gasteiger partial charge is 0.481 e. The lowest BCUT2D eigenvalue weighted by molar-refractivity contribution is -0.154. The average molecular weight is 511 g/mol. The van der Waals surface area contributed by atoms with E-state index in [1.165, 1.54) is 0 Å². The third kappa shape index (κ3) is 4.17. The van der Waals surface area contributed by atoms with E-state index in [4.69, 9.17) is 35.6 Å². The van der Waals surface area contributed by atoms with Crippen molar-refractivity contribution >= 4 is 34.0 Å². The molecule has 0 saturated carbocycles. The molecule has 0 aliphatic carbocycles. The first kappa shape index (κ1) is 25.0. The molecule has 7 nitrogen and oxygen atoms in total. The molecule has 0 radical (unpaired) electrons. The van der Waals surface area contributed by atoms with Crippen molar-refractivity contribution in [3.63, 3.8) is 0 Å². The molecule has 4 unspecified atom stereocenters. The topological polar surface area (TPSA) is 87.4 Å². The fourth-order valence-electron chi connectivity index (χ4n) is 5.66. The van der Waals surface area contributed by atoms with Crippen molar-refractivity contribution in [2.75, 3.05) is 26.8 Å². The van der Waals surface area contributed by atoms with Gasteiger partial charge in [-0.1, -0.05) is 55.9 Å². The molecule has 0 amide bonds. The van der Waals surface area contributed by atoms with Gasteiger partial charge in [-0.05, 0) is 36.2 Å². The van der Waals surface area contributed by atoms with E-state index in [0.717, 1.165) is 16.5 Å². The number of aliphatic carboxylic acids is 1. The maximum atomic E-state index is 13.4. The van der Waals surface area contributed by atoms with Gasteiger partial charge in [-0.25, -0.2) is 0 Å². The molecular formula is C28H30O7S. The third-order valence-corrected chi connectivity index (χ3v) is 8.24. The number of carbonyl (C=O) groups is 1. The summed E-state index contributed by atoms with van der Waals surface area (Å²) < 4.78 is 28.5. The predicted octanol–water partition coefficient (Wildman–Crippen LogP) is 4.85. The Kier molecular flexibility index (Phi) is 6.98. The highest BCUT2D eigenvalue weighted by atomic mass is 32.1. The van der Waals surface area contributed by atoms with Crippen LogP contribution in [0.5, 0.6) is 0 Å². The van der Waals surface area contributed by atoms with Crippen molar-refractivity contribution in [2.24, 2.45) is 11.8 Å². The number of rotatable bonds is 8. The molecule has 2 saturated heterocycles. The van der Waals surface area contributed by atoms with E-state index in [1.54, 1.807) is 6.26 Å². The second kappa shape index (κ2) is 10.0. The van der Waals surface area contributed by atoms with Crippen LogP contribution >= 0.6 is 12.2 Å². The minimum atomic E-state index is -1.38. The summed E-state index contributed by atoms with van der Waals surface area (Å²) in [4.78, 5) is 14.0. The van der Waals surface area contributed by atoms with Crippen molar-refractivity contribution in [1.29, 1.82) is 0 Å². The Balaban J connectivity index is 1.71. The Labute approximate surface area is 215 Å². The van der Waals surface area contributed by atoms with Crippen LogP contribution in [0, 0.1) is 18.8 Å². The molecule has 4 atom stereocenters. The van der Waals surface area contributed by atoms with Crippen LogP contribution in [-0.2, 0) is 29.2 Å². The number of thiocarbonyl (C=S) groups is 1. The van der Waals surface area contributed by atoms with Crippen LogP contribution in [-0.4, -0.2) is 54.9 Å². The van der Waals surface area contributed by atoms with Gasteiger partial charge in [0, 0.05) is 22.8 Å². The van der Waals surface area contributed by atoms with Crippen LogP contribution < -0.4 is 0 Å². The molecule has 2 fully saturated rings. The van der Waals surface area contributed by atoms with E-state index in [-0.39, 0.29) is 13.6 Å². The summed E-state index contributed by atoms with van der Waals surface area (Å²) >= 11 is 5.92. The van der Waals surface area contributed by atoms with Crippen LogP contribution in [0.1, 0.15) is 36.1 Å². The average Bonchev–Trinajstić information content (AvgIpc) is 3.66. The first-order valence-corrected chi connectivity index (χ1v) is 12.5. The van der Waals surface area contributed by atoms with Crippen molar-refractivity contribution in [3.05, 3.63) is 71.0 Å². The molecule has 1 N–H and O–H groups in total. The van der Waals surface area contributed by atoms with Crippen LogP contribution in [0.25, 0.3) is 11.0 Å². The summed E-state index contributed by atoms with van der Waals surface area (Å²) in [6.07, 6.45) is 0.823. The molecule has 3 aromatic rings. The molecule has 0 bridgehead atoms. The highest BCUT2D eigenvalue weighted by molar-refractivity contribution is 7.81. The fraction of sp³-hybridized carbons (Fsp3) is 0.429. The first-order valence-electron chi connectivity index (χ1n) is 12.1. The van der Waals surface area contributed by atoms with Crippen LogP contribution in [0.15, 0.2) is 53.1 Å². The fourth-order valence-corrected chi connectivity index (χ4v) is 5.95. The summed E-state index contributed by atoms with van der Waals surface area (Å²) in [5, 5.41) is 11.8. The standard InChI is InChI=1S/C28H30O7S/c1-16-4-6-19(7-5-16)26(36)22-11-21(10-20-8-9-33-25(20)22)28(27(29)30,17(2)23-12-31-14-34-23)18(3)24-13-32-15-35-24/h4-11,17-18,23-24H,12-15H2,1-3H3,(H,29,30). The summed E-state index contributed by atoms with van der Waals surface area (Å²) in [5.41, 5.74) is 2.56. The predicted molar refractivity (Wildman–Crippen MR) is 137 cm³/mol. The van der Waals surface area contributed by atoms with Crippen molar-refractivity contribution in [2.45, 2.75) is 38.4 Å². The number of ether oxygens (including phenoxy) is 4. The Bertz CT molecular complexity index is 1230. The lowest BCUT2D eigenvalue weighted by atomic mass is 9.60. The number of carboxylic acids is 1. The van der Waals surface area contributed by atoms with E-state index in [9.17, 15) is 9.90 Å². The number of fused-ring (bicyclic) bond motifs is 1. The number of aryl methyl sites for hydroxylation is 1. The lowest BCUT2D eigenvalue weighted by Crippen LogP contribution is -2.55. The van der Waals surface area contributed by atoms with Gasteiger partial charge in [-0.2, -0.15) is 0 Å². The zero-order chi connectivity index (χ0) is 25.4. The minimum absolute atomic E-state index is 0.144. The molecule has 2 aliphatic heterocycles. The molecule has 5 rings (SSSR count). The molecule has 1 aromatic heterocycles. The van der Waals surface area contributed by atoms with Gasteiger partial charge < -0.3 is 28.5 Å². The van der Waals surface area contributed by atoms with Crippen molar-refractivity contribution in [1.82, 2.24) is 0 Å². The van der Waals surface area contributed by atoms with E-state index in [2.05, 4.69) is 0 Å². The smallest absolute Gasteiger partial charge is 0.314 e. The number of hydrogen-bond acceptors (Lipinski definition) is 7. The molecule has 8 heteroatoms. The summed E-state index contributed by atoms with van der Waals surface area (Å²) in [7, 11) is 0. The first-order chi connectivity index (χ1) is 17.3. The molecule has 36 heavy (non-hydrogen) atoms. The Morgan fingerprint density at radius 3 is 2.14 bits per heavy atom. The molecule has 190 valence electrons. The van der Waals surface area contributed by atoms with Crippen molar-refractivity contribution < 1.29 is 33.3 Å². The minimum Gasteiger partial charge on any atom is -0.481 e. The van der Waals surface area contributed by atoms with E-state index in [0.29, 0.717) is 34.8 Å². The molecule has 2 aromatic carbocycles. The molecule has 2 aliphatic rings. The van der Waals surface area contributed by atoms with Crippen molar-refractivity contribution in [3.8, 4) is 0 Å². The zero-order valence-corrected chi connectivity index (χ0v) is 21.4. The maximum Gasteiger partial charge on any atom is 0.314 e. The highest BCUT2D eigenvalue weighted by Gasteiger charge is 2.56. The Morgan fingerprint density at radius 2 is 1.61 bits per heavy atom. The summed E-state index contributed by atoms with van der Waals surface area (Å²) in [6, 6.07) is 13.6. The van der Waals surface area contributed by atoms with E-state index < -0.39 is 35.4 Å². The van der Waals surface area contributed by atoms with E-state index >= 15 is 0 Å². The van der Waals surface area contributed by atoms with Gasteiger partial charge in [0.05, 0.1) is 36.5 Å². The zero-order valence-electron chi connectivity index (χ0n) is 20.6. The van der Waals surface area contributed by atoms with Crippen LogP contribution in [0.4, 0.5) is 0 Å². The summed E-state index contributed by atoms with van der Waals surface area (Å²) in [6.45, 7) is 6.79. The van der Waals surface area contributed by atoms with Crippen LogP contribution in [0.3, 0.4) is 0 Å². The molecule has 0 spiro atoms. The summed E-state index contributed by atoms with van der Waals surface area (Å²) in [5.74, 6) is -1.84. The second-order valence-corrected chi connectivity index (χ2v) is 10.1. The van der Waals surface area contributed by atoms with Crippen LogP contribution in [0.2, 0.25) is 0 Å². The van der Waals surface area contributed by atoms with Gasteiger partial charge in [0.1, 0.15) is 24.6 Å². The third-order valence-electron chi connectivity index (χ3n) is 7.79. The molecular weight excluding hydrogens is 480 g/mol.